The molecule has 0 aliphatic carbocycles. The third-order valence-corrected chi connectivity index (χ3v) is 2.90. The predicted octanol–water partition coefficient (Wildman–Crippen LogP) is 3.26. The lowest BCUT2D eigenvalue weighted by molar-refractivity contribution is -0.120. The lowest BCUT2D eigenvalue weighted by atomic mass is 10.2. The molecule has 0 radical (unpaired) electrons. The quantitative estimate of drug-likeness (QED) is 0.657. The number of nitrogens with one attached hydrogen (secondary N) is 1. The fraction of sp³-hybridized carbons (Fsp3) is 0.176. The Morgan fingerprint density at radius 3 is 2.73 bits per heavy atom. The maximum Gasteiger partial charge on any atom is 0.239 e. The van der Waals surface area contributed by atoms with Crippen molar-refractivity contribution in [2.24, 2.45) is 5.10 Å². The second-order valence-corrected chi connectivity index (χ2v) is 4.63. The highest BCUT2D eigenvalue weighted by Gasteiger charge is 1.98. The minimum absolute atomic E-state index is 0.133. The minimum atomic E-state index is -0.276. The Kier molecular flexibility index (Phi) is 5.65. The number of carbonyl (C=O) groups is 1. The molecule has 0 aliphatic rings. The molecule has 0 aromatic heterocycles. The molecule has 0 atom stereocenters. The van der Waals surface area contributed by atoms with E-state index in [2.05, 4.69) is 10.5 Å². The van der Waals surface area contributed by atoms with E-state index in [9.17, 15) is 9.18 Å². The van der Waals surface area contributed by atoms with Crippen LogP contribution in [0.3, 0.4) is 0 Å². The number of nitrogens with zero attached hydrogens (tertiary/aromatic N) is 1. The van der Waals surface area contributed by atoms with E-state index in [1.54, 1.807) is 37.4 Å². The number of carbonyl (C=O) groups excluding carboxylic acids is 1. The van der Waals surface area contributed by atoms with E-state index < -0.39 is 0 Å². The number of ether oxygens (including phenoxy) is 1. The van der Waals surface area contributed by atoms with Gasteiger partial charge in [-0.2, -0.15) is 5.10 Å². The lowest BCUT2D eigenvalue weighted by Gasteiger charge is -2.06. The normalized spacial score (nSPS) is 10.6. The van der Waals surface area contributed by atoms with Crippen LogP contribution in [0.15, 0.2) is 53.6 Å². The minimum Gasteiger partial charge on any atom is -0.489 e. The zero-order valence-electron chi connectivity index (χ0n) is 12.3. The van der Waals surface area contributed by atoms with Gasteiger partial charge in [0.1, 0.15) is 18.2 Å². The molecule has 2 aromatic carbocycles. The molecule has 5 heteroatoms. The lowest BCUT2D eigenvalue weighted by Crippen LogP contribution is -2.15. The fourth-order valence-corrected chi connectivity index (χ4v) is 1.70. The first-order chi connectivity index (χ1) is 10.7. The zero-order valence-corrected chi connectivity index (χ0v) is 12.3. The van der Waals surface area contributed by atoms with Crippen LogP contribution in [0, 0.1) is 5.82 Å². The second kappa shape index (κ2) is 7.93. The van der Waals surface area contributed by atoms with Crippen LogP contribution in [0.25, 0.3) is 0 Å². The molecule has 0 heterocycles. The number of hydrogen-bond acceptors (Lipinski definition) is 3. The summed E-state index contributed by atoms with van der Waals surface area (Å²) in [6.45, 7) is 2.06. The molecular weight excluding hydrogens is 283 g/mol. The third kappa shape index (κ3) is 5.01. The van der Waals surface area contributed by atoms with E-state index in [0.717, 1.165) is 11.1 Å². The summed E-state index contributed by atoms with van der Waals surface area (Å²) in [7, 11) is 0. The van der Waals surface area contributed by atoms with Gasteiger partial charge in [-0.05, 0) is 47.5 Å². The summed E-state index contributed by atoms with van der Waals surface area (Å²) in [5.41, 5.74) is 4.02. The molecular formula is C17H17FN2O2. The number of hydrazone groups is 1. The molecule has 114 valence electrons. The Balaban J connectivity index is 1.87. The van der Waals surface area contributed by atoms with Crippen LogP contribution >= 0.6 is 0 Å². The number of rotatable bonds is 6. The van der Waals surface area contributed by atoms with Crippen molar-refractivity contribution in [2.75, 3.05) is 0 Å². The first kappa shape index (κ1) is 15.7. The van der Waals surface area contributed by atoms with Gasteiger partial charge in [0.05, 0.1) is 6.21 Å². The summed E-state index contributed by atoms with van der Waals surface area (Å²) in [5.74, 6) is 0.270. The van der Waals surface area contributed by atoms with Crippen molar-refractivity contribution in [3.05, 3.63) is 65.5 Å². The van der Waals surface area contributed by atoms with Gasteiger partial charge in [0.15, 0.2) is 0 Å². The van der Waals surface area contributed by atoms with Crippen LogP contribution in [0.5, 0.6) is 5.75 Å². The first-order valence-electron chi connectivity index (χ1n) is 6.96. The largest absolute Gasteiger partial charge is 0.489 e. The Morgan fingerprint density at radius 1 is 1.27 bits per heavy atom. The summed E-state index contributed by atoms with van der Waals surface area (Å²) < 4.78 is 18.6. The highest BCUT2D eigenvalue weighted by atomic mass is 19.1. The molecule has 1 N–H and O–H groups in total. The second-order valence-electron chi connectivity index (χ2n) is 4.63. The first-order valence-corrected chi connectivity index (χ1v) is 6.96. The van der Waals surface area contributed by atoms with Gasteiger partial charge in [0.25, 0.3) is 0 Å². The van der Waals surface area contributed by atoms with E-state index in [1.165, 1.54) is 12.1 Å². The standard InChI is InChI=1S/C17H17FN2O2/c1-2-17(21)20-19-11-13-6-8-16(9-7-13)22-12-14-4-3-5-15(18)10-14/h3-11H,2,12H2,1H3,(H,20,21). The van der Waals surface area contributed by atoms with Crippen LogP contribution in [0.4, 0.5) is 4.39 Å². The maximum atomic E-state index is 13.0. The summed E-state index contributed by atoms with van der Waals surface area (Å²) >= 11 is 0. The Bertz CT molecular complexity index is 654. The average molecular weight is 300 g/mol. The Hall–Kier alpha value is -2.69. The molecule has 0 aliphatic heterocycles. The van der Waals surface area contributed by atoms with Gasteiger partial charge in [0.2, 0.25) is 5.91 Å². The summed E-state index contributed by atoms with van der Waals surface area (Å²) in [6, 6.07) is 13.5. The van der Waals surface area contributed by atoms with E-state index in [4.69, 9.17) is 4.74 Å². The van der Waals surface area contributed by atoms with Crippen LogP contribution in [0.2, 0.25) is 0 Å². The predicted molar refractivity (Wildman–Crippen MR) is 83.2 cm³/mol. The molecule has 1 amide bonds. The number of amides is 1. The number of hydrogen-bond donors (Lipinski definition) is 1. The highest BCUT2D eigenvalue weighted by molar-refractivity contribution is 5.82. The highest BCUT2D eigenvalue weighted by Crippen LogP contribution is 2.14. The van der Waals surface area contributed by atoms with Gasteiger partial charge in [-0.1, -0.05) is 19.1 Å². The maximum absolute atomic E-state index is 13.0. The molecule has 0 saturated heterocycles. The summed E-state index contributed by atoms with van der Waals surface area (Å²) in [4.78, 5) is 11.0. The molecule has 0 unspecified atom stereocenters. The topological polar surface area (TPSA) is 50.7 Å². The van der Waals surface area contributed by atoms with Crippen molar-refractivity contribution in [3.63, 3.8) is 0 Å². The van der Waals surface area contributed by atoms with Crippen LogP contribution in [-0.2, 0) is 11.4 Å². The smallest absolute Gasteiger partial charge is 0.239 e. The van der Waals surface area contributed by atoms with Crippen LogP contribution in [-0.4, -0.2) is 12.1 Å². The summed E-state index contributed by atoms with van der Waals surface area (Å²) in [6.07, 6.45) is 1.95. The molecule has 2 rings (SSSR count). The Labute approximate surface area is 128 Å². The van der Waals surface area contributed by atoms with Crippen molar-refractivity contribution in [1.82, 2.24) is 5.43 Å². The van der Waals surface area contributed by atoms with Crippen molar-refractivity contribution in [3.8, 4) is 5.75 Å². The molecule has 0 fully saturated rings. The molecule has 0 saturated carbocycles. The van der Waals surface area contributed by atoms with Crippen LogP contribution < -0.4 is 10.2 Å². The average Bonchev–Trinajstić information content (AvgIpc) is 2.54. The van der Waals surface area contributed by atoms with Crippen molar-refractivity contribution >= 4 is 12.1 Å². The van der Waals surface area contributed by atoms with Gasteiger partial charge in [-0.15, -0.1) is 0 Å². The van der Waals surface area contributed by atoms with E-state index in [-0.39, 0.29) is 11.7 Å². The molecule has 4 nitrogen and oxygen atoms in total. The number of halogens is 1. The van der Waals surface area contributed by atoms with Gasteiger partial charge in [-0.25, -0.2) is 9.82 Å². The SMILES string of the molecule is CCC(=O)NN=Cc1ccc(OCc2cccc(F)c2)cc1. The van der Waals surface area contributed by atoms with Gasteiger partial charge < -0.3 is 4.74 Å². The van der Waals surface area contributed by atoms with E-state index >= 15 is 0 Å². The number of benzene rings is 2. The van der Waals surface area contributed by atoms with Crippen LogP contribution in [0.1, 0.15) is 24.5 Å². The Morgan fingerprint density at radius 2 is 2.05 bits per heavy atom. The van der Waals surface area contributed by atoms with Crippen molar-refractivity contribution in [2.45, 2.75) is 20.0 Å². The molecule has 2 aromatic rings. The molecule has 0 spiro atoms. The van der Waals surface area contributed by atoms with Crippen molar-refractivity contribution < 1.29 is 13.9 Å². The van der Waals surface area contributed by atoms with E-state index in [0.29, 0.717) is 18.8 Å². The third-order valence-electron chi connectivity index (χ3n) is 2.90. The van der Waals surface area contributed by atoms with Crippen molar-refractivity contribution in [1.29, 1.82) is 0 Å². The zero-order chi connectivity index (χ0) is 15.8. The summed E-state index contributed by atoms with van der Waals surface area (Å²) in [5, 5.41) is 3.84. The van der Waals surface area contributed by atoms with Gasteiger partial charge in [0, 0.05) is 6.42 Å². The van der Waals surface area contributed by atoms with E-state index in [1.807, 2.05) is 12.1 Å². The molecule has 22 heavy (non-hydrogen) atoms. The fourth-order valence-electron chi connectivity index (χ4n) is 1.70. The monoisotopic (exact) mass is 300 g/mol. The van der Waals surface area contributed by atoms with Gasteiger partial charge >= 0.3 is 0 Å². The van der Waals surface area contributed by atoms with Gasteiger partial charge in [-0.3, -0.25) is 4.79 Å². The molecule has 0 bridgehead atoms.